The fourth-order valence-corrected chi connectivity index (χ4v) is 3.01. The molecule has 0 aliphatic carbocycles. The fourth-order valence-electron chi connectivity index (χ4n) is 3.01. The van der Waals surface area contributed by atoms with Gasteiger partial charge in [-0.05, 0) is 64.9 Å². The summed E-state index contributed by atoms with van der Waals surface area (Å²) in [6.07, 6.45) is 3.54. The van der Waals surface area contributed by atoms with E-state index >= 15 is 0 Å². The topological polar surface area (TPSA) is 15.3 Å². The van der Waals surface area contributed by atoms with Gasteiger partial charge in [-0.1, -0.05) is 6.07 Å². The third-order valence-electron chi connectivity index (χ3n) is 4.41. The molecule has 1 heterocycles. The summed E-state index contributed by atoms with van der Waals surface area (Å²) in [5.74, 6) is -0.178. The molecule has 21 heavy (non-hydrogen) atoms. The zero-order valence-electron chi connectivity index (χ0n) is 12.7. The Morgan fingerprint density at radius 3 is 2.52 bits per heavy atom. The van der Waals surface area contributed by atoms with Gasteiger partial charge in [-0.15, -0.1) is 12.4 Å². The second-order valence-corrected chi connectivity index (χ2v) is 5.71. The number of hydrogen-bond acceptors (Lipinski definition) is 2. The number of rotatable bonds is 5. The van der Waals surface area contributed by atoms with Crippen LogP contribution in [0.4, 0.5) is 8.78 Å². The van der Waals surface area contributed by atoms with Crippen LogP contribution in [0, 0.1) is 17.6 Å². The molecule has 5 heteroatoms. The van der Waals surface area contributed by atoms with E-state index in [2.05, 4.69) is 10.2 Å². The number of halogens is 3. The molecule has 1 unspecified atom stereocenters. The molecular weight excluding hydrogens is 294 g/mol. The molecule has 2 nitrogen and oxygen atoms in total. The Labute approximate surface area is 132 Å². The zero-order valence-corrected chi connectivity index (χ0v) is 13.6. The van der Waals surface area contributed by atoms with Crippen LogP contribution in [-0.4, -0.2) is 31.6 Å². The van der Waals surface area contributed by atoms with E-state index in [1.807, 2.05) is 14.0 Å². The molecule has 1 N–H and O–H groups in total. The van der Waals surface area contributed by atoms with Gasteiger partial charge in [-0.2, -0.15) is 0 Å². The second kappa shape index (κ2) is 8.66. The van der Waals surface area contributed by atoms with Crippen molar-refractivity contribution >= 4 is 12.4 Å². The van der Waals surface area contributed by atoms with Gasteiger partial charge in [-0.25, -0.2) is 8.78 Å². The second-order valence-electron chi connectivity index (χ2n) is 5.71. The molecule has 0 amide bonds. The lowest BCUT2D eigenvalue weighted by molar-refractivity contribution is 0.135. The predicted octanol–water partition coefficient (Wildman–Crippen LogP) is 3.77. The summed E-state index contributed by atoms with van der Waals surface area (Å²) in [5.41, 5.74) is 0.597. The number of nitrogens with zero attached hydrogens (tertiary/aromatic N) is 1. The predicted molar refractivity (Wildman–Crippen MR) is 84.9 cm³/mol. The van der Waals surface area contributed by atoms with Gasteiger partial charge in [0.15, 0.2) is 0 Å². The molecule has 0 radical (unpaired) electrons. The molecule has 0 saturated carbocycles. The Morgan fingerprint density at radius 2 is 1.95 bits per heavy atom. The molecule has 120 valence electrons. The largest absolute Gasteiger partial charge is 0.320 e. The highest BCUT2D eigenvalue weighted by Crippen LogP contribution is 2.29. The van der Waals surface area contributed by atoms with Crippen LogP contribution >= 0.6 is 12.4 Å². The van der Waals surface area contributed by atoms with Crippen molar-refractivity contribution in [3.8, 4) is 0 Å². The van der Waals surface area contributed by atoms with Crippen LogP contribution in [0.15, 0.2) is 18.2 Å². The maximum atomic E-state index is 13.8. The van der Waals surface area contributed by atoms with Gasteiger partial charge in [0.25, 0.3) is 0 Å². The van der Waals surface area contributed by atoms with Gasteiger partial charge >= 0.3 is 0 Å². The minimum absolute atomic E-state index is 0. The molecule has 1 aromatic carbocycles. The lowest BCUT2D eigenvalue weighted by Crippen LogP contribution is -2.36. The molecule has 0 bridgehead atoms. The third kappa shape index (κ3) is 4.90. The summed E-state index contributed by atoms with van der Waals surface area (Å²) in [6, 6.07) is 3.91. The van der Waals surface area contributed by atoms with E-state index in [0.29, 0.717) is 5.56 Å². The summed E-state index contributed by atoms with van der Waals surface area (Å²) in [6.45, 7) is 5.05. The first kappa shape index (κ1) is 18.3. The van der Waals surface area contributed by atoms with Gasteiger partial charge in [-0.3, -0.25) is 4.90 Å². The quantitative estimate of drug-likeness (QED) is 0.889. The number of piperidine rings is 1. The third-order valence-corrected chi connectivity index (χ3v) is 4.41. The molecule has 1 aromatic rings. The molecule has 1 atom stereocenters. The Balaban J connectivity index is 0.00000220. The number of likely N-dealkylation sites (tertiary alicyclic amines) is 1. The van der Waals surface area contributed by atoms with Gasteiger partial charge in [0, 0.05) is 17.7 Å². The molecule has 1 fully saturated rings. The van der Waals surface area contributed by atoms with E-state index in [4.69, 9.17) is 0 Å². The van der Waals surface area contributed by atoms with Crippen molar-refractivity contribution in [1.82, 2.24) is 10.2 Å². The van der Waals surface area contributed by atoms with Crippen molar-refractivity contribution in [3.63, 3.8) is 0 Å². The van der Waals surface area contributed by atoms with Crippen LogP contribution < -0.4 is 5.32 Å². The minimum Gasteiger partial charge on any atom is -0.320 e. The summed E-state index contributed by atoms with van der Waals surface area (Å²) >= 11 is 0. The van der Waals surface area contributed by atoms with E-state index in [1.54, 1.807) is 6.07 Å². The average Bonchev–Trinajstić information content (AvgIpc) is 2.45. The van der Waals surface area contributed by atoms with Crippen LogP contribution in [0.25, 0.3) is 0 Å². The molecule has 0 spiro atoms. The maximum Gasteiger partial charge on any atom is 0.130 e. The number of nitrogens with one attached hydrogen (secondary N) is 1. The fraction of sp³-hybridized carbons (Fsp3) is 0.625. The van der Waals surface area contributed by atoms with E-state index in [9.17, 15) is 8.78 Å². The zero-order chi connectivity index (χ0) is 14.5. The lowest BCUT2D eigenvalue weighted by Gasteiger charge is -2.36. The van der Waals surface area contributed by atoms with E-state index in [1.165, 1.54) is 12.5 Å². The monoisotopic (exact) mass is 318 g/mol. The highest BCUT2D eigenvalue weighted by Gasteiger charge is 2.24. The normalized spacial score (nSPS) is 18.3. The minimum atomic E-state index is -0.510. The first-order valence-corrected chi connectivity index (χ1v) is 7.45. The highest BCUT2D eigenvalue weighted by atomic mass is 35.5. The van der Waals surface area contributed by atoms with Crippen molar-refractivity contribution in [2.24, 2.45) is 5.92 Å². The van der Waals surface area contributed by atoms with Crippen molar-refractivity contribution in [1.29, 1.82) is 0 Å². The molecular formula is C16H25ClF2N2. The van der Waals surface area contributed by atoms with E-state index < -0.39 is 11.6 Å². The first-order chi connectivity index (χ1) is 9.61. The van der Waals surface area contributed by atoms with Gasteiger partial charge in [0.1, 0.15) is 11.6 Å². The number of hydrogen-bond donors (Lipinski definition) is 1. The first-order valence-electron chi connectivity index (χ1n) is 7.45. The van der Waals surface area contributed by atoms with Gasteiger partial charge < -0.3 is 5.32 Å². The SMILES string of the molecule is CNCCC1CCN(C(C)c2ccc(F)cc2F)CC1.Cl. The van der Waals surface area contributed by atoms with Crippen molar-refractivity contribution in [2.45, 2.75) is 32.2 Å². The van der Waals surface area contributed by atoms with Crippen molar-refractivity contribution < 1.29 is 8.78 Å². The smallest absolute Gasteiger partial charge is 0.130 e. The average molecular weight is 319 g/mol. The lowest BCUT2D eigenvalue weighted by atomic mass is 9.92. The summed E-state index contributed by atoms with van der Waals surface area (Å²) in [4.78, 5) is 2.30. The Bertz CT molecular complexity index is 434. The molecule has 1 saturated heterocycles. The van der Waals surface area contributed by atoms with E-state index in [0.717, 1.165) is 44.5 Å². The Kier molecular flexibility index (Phi) is 7.57. The highest BCUT2D eigenvalue weighted by molar-refractivity contribution is 5.85. The molecule has 2 rings (SSSR count). The van der Waals surface area contributed by atoms with Crippen molar-refractivity contribution in [3.05, 3.63) is 35.4 Å². The Hall–Kier alpha value is -0.710. The summed E-state index contributed by atoms with van der Waals surface area (Å²) < 4.78 is 26.8. The maximum absolute atomic E-state index is 13.8. The van der Waals surface area contributed by atoms with Gasteiger partial charge in [0.05, 0.1) is 0 Å². The molecule has 1 aliphatic rings. The van der Waals surface area contributed by atoms with Crippen LogP contribution in [0.2, 0.25) is 0 Å². The van der Waals surface area contributed by atoms with E-state index in [-0.39, 0.29) is 18.4 Å². The standard InChI is InChI=1S/C16H24F2N2.ClH/c1-12(15-4-3-14(17)11-16(15)18)20-9-6-13(7-10-20)5-8-19-2;/h3-4,11-13,19H,5-10H2,1-2H3;1H. The van der Waals surface area contributed by atoms with Crippen LogP contribution in [0.5, 0.6) is 0 Å². The Morgan fingerprint density at radius 1 is 1.29 bits per heavy atom. The molecule has 0 aromatic heterocycles. The number of benzene rings is 1. The summed E-state index contributed by atoms with van der Waals surface area (Å²) in [7, 11) is 1.98. The van der Waals surface area contributed by atoms with Gasteiger partial charge in [0.2, 0.25) is 0 Å². The van der Waals surface area contributed by atoms with Crippen molar-refractivity contribution in [2.75, 3.05) is 26.7 Å². The van der Waals surface area contributed by atoms with Crippen LogP contribution in [0.3, 0.4) is 0 Å². The van der Waals surface area contributed by atoms with Crippen LogP contribution in [-0.2, 0) is 0 Å². The van der Waals surface area contributed by atoms with Crippen LogP contribution in [0.1, 0.15) is 37.8 Å². The summed E-state index contributed by atoms with van der Waals surface area (Å²) in [5, 5.41) is 3.19. The molecule has 1 aliphatic heterocycles.